The van der Waals surface area contributed by atoms with Crippen LogP contribution >= 0.6 is 11.6 Å². The quantitative estimate of drug-likeness (QED) is 0.836. The van der Waals surface area contributed by atoms with Crippen molar-refractivity contribution in [2.45, 2.75) is 6.42 Å². The van der Waals surface area contributed by atoms with Crippen LogP contribution in [0.2, 0.25) is 5.02 Å². The summed E-state index contributed by atoms with van der Waals surface area (Å²) >= 11 is 5.76. The van der Waals surface area contributed by atoms with Gasteiger partial charge in [-0.15, -0.1) is 0 Å². The third-order valence-corrected chi connectivity index (χ3v) is 2.81. The molecule has 0 unspecified atom stereocenters. The Kier molecular flexibility index (Phi) is 3.53. The van der Waals surface area contributed by atoms with Gasteiger partial charge in [-0.1, -0.05) is 23.7 Å². The van der Waals surface area contributed by atoms with Crippen LogP contribution in [0.3, 0.4) is 0 Å². The first-order valence-electron chi connectivity index (χ1n) is 5.36. The molecule has 0 spiro atoms. The lowest BCUT2D eigenvalue weighted by Crippen LogP contribution is -2.03. The van der Waals surface area contributed by atoms with Crippen LogP contribution in [0.4, 0.5) is 0 Å². The molecule has 0 aliphatic rings. The number of benzene rings is 2. The number of phenolic OH excluding ortho intramolecular Hbond substituents is 2. The summed E-state index contributed by atoms with van der Waals surface area (Å²) in [6.07, 6.45) is 0.176. The van der Waals surface area contributed by atoms with Crippen molar-refractivity contribution in [3.8, 4) is 11.5 Å². The second kappa shape index (κ2) is 5.10. The number of rotatable bonds is 3. The standard InChI is InChI=1S/C14H11ClO3/c15-10-3-1-9(2-4-10)7-13(17)12-6-5-11(16)8-14(12)18/h1-6,8,16,18H,7H2. The highest BCUT2D eigenvalue weighted by Crippen LogP contribution is 2.24. The van der Waals surface area contributed by atoms with Crippen LogP contribution in [0, 0.1) is 0 Å². The molecule has 0 heterocycles. The first kappa shape index (κ1) is 12.5. The first-order valence-corrected chi connectivity index (χ1v) is 5.73. The Hall–Kier alpha value is -2.00. The van der Waals surface area contributed by atoms with Crippen molar-refractivity contribution >= 4 is 17.4 Å². The molecule has 18 heavy (non-hydrogen) atoms. The average Bonchev–Trinajstić information content (AvgIpc) is 2.32. The van der Waals surface area contributed by atoms with E-state index in [1.807, 2.05) is 0 Å². The molecule has 0 aliphatic heterocycles. The van der Waals surface area contributed by atoms with Gasteiger partial charge in [0.1, 0.15) is 11.5 Å². The van der Waals surface area contributed by atoms with Gasteiger partial charge in [-0.05, 0) is 29.8 Å². The minimum absolute atomic E-state index is 0.0736. The molecule has 0 radical (unpaired) electrons. The van der Waals surface area contributed by atoms with Gasteiger partial charge in [-0.25, -0.2) is 0 Å². The molecule has 0 saturated carbocycles. The number of hydrogen-bond donors (Lipinski definition) is 2. The van der Waals surface area contributed by atoms with Gasteiger partial charge in [0.15, 0.2) is 5.78 Å². The van der Waals surface area contributed by atoms with Crippen LogP contribution in [0.5, 0.6) is 11.5 Å². The smallest absolute Gasteiger partial charge is 0.170 e. The molecule has 3 nitrogen and oxygen atoms in total. The number of hydrogen-bond acceptors (Lipinski definition) is 3. The SMILES string of the molecule is O=C(Cc1ccc(Cl)cc1)c1ccc(O)cc1O. The second-order valence-corrected chi connectivity index (χ2v) is 4.36. The molecule has 0 bridgehead atoms. The minimum atomic E-state index is -0.214. The van der Waals surface area contributed by atoms with E-state index in [0.717, 1.165) is 11.6 Å². The highest BCUT2D eigenvalue weighted by atomic mass is 35.5. The fourth-order valence-corrected chi connectivity index (χ4v) is 1.76. The summed E-state index contributed by atoms with van der Waals surface area (Å²) in [4.78, 5) is 12.0. The zero-order chi connectivity index (χ0) is 13.1. The van der Waals surface area contributed by atoms with Crippen molar-refractivity contribution in [3.63, 3.8) is 0 Å². The zero-order valence-electron chi connectivity index (χ0n) is 9.43. The second-order valence-electron chi connectivity index (χ2n) is 3.93. The summed E-state index contributed by atoms with van der Waals surface area (Å²) < 4.78 is 0. The summed E-state index contributed by atoms with van der Waals surface area (Å²) in [5.74, 6) is -0.501. The van der Waals surface area contributed by atoms with Crippen molar-refractivity contribution in [2.24, 2.45) is 0 Å². The van der Waals surface area contributed by atoms with Crippen LogP contribution in [0.1, 0.15) is 15.9 Å². The topological polar surface area (TPSA) is 57.5 Å². The van der Waals surface area contributed by atoms with Gasteiger partial charge >= 0.3 is 0 Å². The highest BCUT2D eigenvalue weighted by Gasteiger charge is 2.12. The maximum atomic E-state index is 12.0. The Morgan fingerprint density at radius 1 is 1.06 bits per heavy atom. The summed E-state index contributed by atoms with van der Waals surface area (Å²) in [7, 11) is 0. The maximum Gasteiger partial charge on any atom is 0.170 e. The van der Waals surface area contributed by atoms with E-state index in [0.29, 0.717) is 5.02 Å². The number of Topliss-reactive ketones (excluding diaryl/α,β-unsaturated/α-hetero) is 1. The van der Waals surface area contributed by atoms with Crippen molar-refractivity contribution in [2.75, 3.05) is 0 Å². The zero-order valence-corrected chi connectivity index (χ0v) is 10.2. The lowest BCUT2D eigenvalue weighted by atomic mass is 10.0. The van der Waals surface area contributed by atoms with Gasteiger partial charge in [-0.3, -0.25) is 4.79 Å². The number of phenols is 2. The van der Waals surface area contributed by atoms with Crippen LogP contribution < -0.4 is 0 Å². The molecule has 92 valence electrons. The Bertz CT molecular complexity index is 576. The molecule has 0 fully saturated rings. The molecule has 0 aromatic heterocycles. The molecule has 2 aromatic carbocycles. The first-order chi connectivity index (χ1) is 8.56. The number of aromatic hydroxyl groups is 2. The molecular formula is C14H11ClO3. The number of carbonyl (C=O) groups is 1. The lowest BCUT2D eigenvalue weighted by molar-refractivity contribution is 0.0990. The van der Waals surface area contributed by atoms with Crippen LogP contribution in [-0.4, -0.2) is 16.0 Å². The van der Waals surface area contributed by atoms with E-state index >= 15 is 0 Å². The van der Waals surface area contributed by atoms with Gasteiger partial charge in [0.2, 0.25) is 0 Å². The fourth-order valence-electron chi connectivity index (χ4n) is 1.64. The normalized spacial score (nSPS) is 10.3. The summed E-state index contributed by atoms with van der Waals surface area (Å²) in [6, 6.07) is 10.9. The Morgan fingerprint density at radius 3 is 2.33 bits per heavy atom. The van der Waals surface area contributed by atoms with Crippen LogP contribution in [0.15, 0.2) is 42.5 Å². The van der Waals surface area contributed by atoms with Gasteiger partial charge < -0.3 is 10.2 Å². The van der Waals surface area contributed by atoms with E-state index in [2.05, 4.69) is 0 Å². The molecule has 0 saturated heterocycles. The van der Waals surface area contributed by atoms with Crippen molar-refractivity contribution in [3.05, 3.63) is 58.6 Å². The fraction of sp³-hybridized carbons (Fsp3) is 0.0714. The largest absolute Gasteiger partial charge is 0.508 e. The number of carbonyl (C=O) groups excluding carboxylic acids is 1. The van der Waals surface area contributed by atoms with Gasteiger partial charge in [-0.2, -0.15) is 0 Å². The number of halogens is 1. The van der Waals surface area contributed by atoms with E-state index in [1.54, 1.807) is 24.3 Å². The summed E-state index contributed by atoms with van der Waals surface area (Å²) in [6.45, 7) is 0. The monoisotopic (exact) mass is 262 g/mol. The highest BCUT2D eigenvalue weighted by molar-refractivity contribution is 6.30. The van der Waals surface area contributed by atoms with E-state index < -0.39 is 0 Å². The van der Waals surface area contributed by atoms with E-state index in [9.17, 15) is 9.90 Å². The molecule has 4 heteroatoms. The van der Waals surface area contributed by atoms with Gasteiger partial charge in [0, 0.05) is 17.5 Å². The average molecular weight is 263 g/mol. The molecule has 2 N–H and O–H groups in total. The van der Waals surface area contributed by atoms with Crippen LogP contribution in [0.25, 0.3) is 0 Å². The Morgan fingerprint density at radius 2 is 1.72 bits per heavy atom. The molecular weight excluding hydrogens is 252 g/mol. The van der Waals surface area contributed by atoms with E-state index in [1.165, 1.54) is 12.1 Å². The number of ketones is 1. The van der Waals surface area contributed by atoms with Crippen molar-refractivity contribution in [1.82, 2.24) is 0 Å². The van der Waals surface area contributed by atoms with Crippen molar-refractivity contribution in [1.29, 1.82) is 0 Å². The third kappa shape index (κ3) is 2.81. The van der Waals surface area contributed by atoms with E-state index in [4.69, 9.17) is 16.7 Å². The molecule has 2 rings (SSSR count). The van der Waals surface area contributed by atoms with E-state index in [-0.39, 0.29) is 29.3 Å². The van der Waals surface area contributed by atoms with Crippen molar-refractivity contribution < 1.29 is 15.0 Å². The van der Waals surface area contributed by atoms with Gasteiger partial charge in [0.25, 0.3) is 0 Å². The van der Waals surface area contributed by atoms with Crippen LogP contribution in [-0.2, 0) is 6.42 Å². The lowest BCUT2D eigenvalue weighted by Gasteiger charge is -2.04. The summed E-state index contributed by atoms with van der Waals surface area (Å²) in [5.41, 5.74) is 1.01. The molecule has 0 atom stereocenters. The van der Waals surface area contributed by atoms with Gasteiger partial charge in [0.05, 0.1) is 5.56 Å². The summed E-state index contributed by atoms with van der Waals surface area (Å²) in [5, 5.41) is 19.3. The Labute approximate surface area is 109 Å². The minimum Gasteiger partial charge on any atom is -0.508 e. The molecule has 0 aliphatic carbocycles. The molecule has 2 aromatic rings. The maximum absolute atomic E-state index is 12.0. The molecule has 0 amide bonds. The Balaban J connectivity index is 2.19. The predicted molar refractivity (Wildman–Crippen MR) is 69.3 cm³/mol. The third-order valence-electron chi connectivity index (χ3n) is 2.56. The predicted octanol–water partition coefficient (Wildman–Crippen LogP) is 3.18.